The van der Waals surface area contributed by atoms with E-state index in [2.05, 4.69) is 10.1 Å². The van der Waals surface area contributed by atoms with Gasteiger partial charge in [0.05, 0.1) is 5.41 Å². The maximum absolute atomic E-state index is 11.4. The van der Waals surface area contributed by atoms with Crippen LogP contribution < -0.4 is 11.1 Å². The molecule has 7 nitrogen and oxygen atoms in total. The second kappa shape index (κ2) is 7.73. The molecule has 0 aliphatic heterocycles. The second-order valence-electron chi connectivity index (χ2n) is 5.25. The lowest BCUT2D eigenvalue weighted by Gasteiger charge is -2.17. The standard InChI is InChI=1S/C12H22N2O5/c1-12(2,3)10(17)19-11(18)14-8(9(15)16)6-4-5-7-13/h8H,4-7,13H2,1-3H3,(H,14,18)(H,15,16)/t8-/m0/s1. The number of amides is 1. The monoisotopic (exact) mass is 274 g/mol. The molecular weight excluding hydrogens is 252 g/mol. The molecule has 0 spiro atoms. The van der Waals surface area contributed by atoms with Crippen LogP contribution in [0.3, 0.4) is 0 Å². The number of alkyl carbamates (subject to hydrolysis) is 1. The fourth-order valence-corrected chi connectivity index (χ4v) is 1.16. The molecule has 1 atom stereocenters. The van der Waals surface area contributed by atoms with E-state index < -0.39 is 29.5 Å². The summed E-state index contributed by atoms with van der Waals surface area (Å²) >= 11 is 0. The molecule has 4 N–H and O–H groups in total. The van der Waals surface area contributed by atoms with Crippen molar-refractivity contribution in [3.05, 3.63) is 0 Å². The fraction of sp³-hybridized carbons (Fsp3) is 0.750. The minimum absolute atomic E-state index is 0.241. The summed E-state index contributed by atoms with van der Waals surface area (Å²) in [5, 5.41) is 11.1. The van der Waals surface area contributed by atoms with E-state index in [1.165, 1.54) is 0 Å². The number of esters is 1. The largest absolute Gasteiger partial charge is 0.480 e. The Labute approximate surface area is 112 Å². The molecule has 0 aliphatic carbocycles. The van der Waals surface area contributed by atoms with E-state index in [4.69, 9.17) is 10.8 Å². The van der Waals surface area contributed by atoms with E-state index >= 15 is 0 Å². The van der Waals surface area contributed by atoms with Crippen LogP contribution in [0.4, 0.5) is 4.79 Å². The predicted octanol–water partition coefficient (Wildman–Crippen LogP) is 0.867. The van der Waals surface area contributed by atoms with E-state index in [1.54, 1.807) is 20.8 Å². The number of aliphatic carboxylic acids is 1. The topological polar surface area (TPSA) is 119 Å². The van der Waals surface area contributed by atoms with Crippen LogP contribution in [-0.2, 0) is 14.3 Å². The molecule has 0 saturated heterocycles. The highest BCUT2D eigenvalue weighted by Gasteiger charge is 2.27. The Morgan fingerprint density at radius 2 is 1.84 bits per heavy atom. The number of carbonyl (C=O) groups excluding carboxylic acids is 2. The first-order valence-electron chi connectivity index (χ1n) is 6.14. The molecule has 0 aromatic rings. The number of nitrogens with two attached hydrogens (primary N) is 1. The molecule has 0 saturated carbocycles. The molecule has 0 fully saturated rings. The lowest BCUT2D eigenvalue weighted by molar-refractivity contribution is -0.147. The van der Waals surface area contributed by atoms with Gasteiger partial charge in [0.25, 0.3) is 0 Å². The van der Waals surface area contributed by atoms with Gasteiger partial charge in [-0.1, -0.05) is 0 Å². The molecule has 0 radical (unpaired) electrons. The number of rotatable bonds is 6. The summed E-state index contributed by atoms with van der Waals surface area (Å²) in [4.78, 5) is 33.8. The van der Waals surface area contributed by atoms with Crippen LogP contribution in [0.5, 0.6) is 0 Å². The molecule has 0 aliphatic rings. The summed E-state index contributed by atoms with van der Waals surface area (Å²) in [7, 11) is 0. The van der Waals surface area contributed by atoms with E-state index in [-0.39, 0.29) is 6.42 Å². The third-order valence-electron chi connectivity index (χ3n) is 2.33. The third-order valence-corrected chi connectivity index (χ3v) is 2.33. The van der Waals surface area contributed by atoms with Crippen LogP contribution in [-0.4, -0.2) is 35.7 Å². The molecule has 0 bridgehead atoms. The van der Waals surface area contributed by atoms with Crippen molar-refractivity contribution in [1.29, 1.82) is 0 Å². The van der Waals surface area contributed by atoms with Crippen molar-refractivity contribution < 1.29 is 24.2 Å². The van der Waals surface area contributed by atoms with Gasteiger partial charge in [0.1, 0.15) is 6.04 Å². The molecule has 0 aromatic heterocycles. The fourth-order valence-electron chi connectivity index (χ4n) is 1.16. The number of ether oxygens (including phenoxy) is 1. The number of carbonyl (C=O) groups is 3. The SMILES string of the molecule is CC(C)(C)C(=O)OC(=O)N[C@@H](CCCCN)C(=O)O. The van der Waals surface area contributed by atoms with Crippen LogP contribution in [0.15, 0.2) is 0 Å². The van der Waals surface area contributed by atoms with Crippen LogP contribution >= 0.6 is 0 Å². The molecule has 19 heavy (non-hydrogen) atoms. The lowest BCUT2D eigenvalue weighted by atomic mass is 9.97. The van der Waals surface area contributed by atoms with Crippen molar-refractivity contribution in [1.82, 2.24) is 5.32 Å². The summed E-state index contributed by atoms with van der Waals surface area (Å²) in [5.41, 5.74) is 4.48. The van der Waals surface area contributed by atoms with E-state index in [0.717, 1.165) is 0 Å². The van der Waals surface area contributed by atoms with Gasteiger partial charge in [-0.25, -0.2) is 9.59 Å². The number of carboxylic acids is 1. The maximum atomic E-state index is 11.4. The highest BCUT2D eigenvalue weighted by atomic mass is 16.6. The third kappa shape index (κ3) is 7.40. The predicted molar refractivity (Wildman–Crippen MR) is 68.4 cm³/mol. The summed E-state index contributed by atoms with van der Waals surface area (Å²) < 4.78 is 4.52. The van der Waals surface area contributed by atoms with Gasteiger partial charge in [-0.3, -0.25) is 4.79 Å². The van der Waals surface area contributed by atoms with Crippen LogP contribution in [0, 0.1) is 5.41 Å². The van der Waals surface area contributed by atoms with E-state index in [9.17, 15) is 14.4 Å². The molecular formula is C12H22N2O5. The minimum atomic E-state index is -1.17. The van der Waals surface area contributed by atoms with Crippen molar-refractivity contribution in [2.24, 2.45) is 11.1 Å². The number of nitrogens with one attached hydrogen (secondary N) is 1. The van der Waals surface area contributed by atoms with Gasteiger partial charge in [-0.15, -0.1) is 0 Å². The first kappa shape index (κ1) is 17.4. The van der Waals surface area contributed by atoms with Crippen molar-refractivity contribution in [2.45, 2.75) is 46.1 Å². The van der Waals surface area contributed by atoms with E-state index in [0.29, 0.717) is 19.4 Å². The Morgan fingerprint density at radius 3 is 2.26 bits per heavy atom. The lowest BCUT2D eigenvalue weighted by Crippen LogP contribution is -2.43. The maximum Gasteiger partial charge on any atom is 0.415 e. The summed E-state index contributed by atoms with van der Waals surface area (Å²) in [6.45, 7) is 5.24. The van der Waals surface area contributed by atoms with Gasteiger partial charge < -0.3 is 20.9 Å². The summed E-state index contributed by atoms with van der Waals surface area (Å²) in [5.74, 6) is -1.88. The Hall–Kier alpha value is -1.63. The van der Waals surface area contributed by atoms with Gasteiger partial charge in [-0.2, -0.15) is 0 Å². The van der Waals surface area contributed by atoms with Gasteiger partial charge in [0.15, 0.2) is 0 Å². The molecule has 0 heterocycles. The minimum Gasteiger partial charge on any atom is -0.480 e. The van der Waals surface area contributed by atoms with Gasteiger partial charge in [0.2, 0.25) is 0 Å². The van der Waals surface area contributed by atoms with Crippen LogP contribution in [0.25, 0.3) is 0 Å². The molecule has 0 aromatic carbocycles. The first-order valence-corrected chi connectivity index (χ1v) is 6.14. The highest BCUT2D eigenvalue weighted by Crippen LogP contribution is 2.15. The molecule has 0 unspecified atom stereocenters. The number of hydrogen-bond donors (Lipinski definition) is 3. The number of carboxylic acid groups (broad SMARTS) is 1. The second-order valence-corrected chi connectivity index (χ2v) is 5.25. The van der Waals surface area contributed by atoms with Crippen molar-refractivity contribution in [3.63, 3.8) is 0 Å². The van der Waals surface area contributed by atoms with Gasteiger partial charge in [0, 0.05) is 0 Å². The Bertz CT molecular complexity index is 336. The first-order chi connectivity index (χ1) is 8.68. The average molecular weight is 274 g/mol. The van der Waals surface area contributed by atoms with E-state index in [1.807, 2.05) is 0 Å². The van der Waals surface area contributed by atoms with Gasteiger partial charge >= 0.3 is 18.0 Å². The smallest absolute Gasteiger partial charge is 0.415 e. The molecule has 110 valence electrons. The summed E-state index contributed by atoms with van der Waals surface area (Å²) in [6, 6.07) is -1.08. The quantitative estimate of drug-likeness (QED) is 0.375. The zero-order valence-corrected chi connectivity index (χ0v) is 11.6. The zero-order valence-electron chi connectivity index (χ0n) is 11.6. The van der Waals surface area contributed by atoms with Crippen molar-refractivity contribution in [2.75, 3.05) is 6.54 Å². The van der Waals surface area contributed by atoms with Crippen LogP contribution in [0.1, 0.15) is 40.0 Å². The van der Waals surface area contributed by atoms with Gasteiger partial charge in [-0.05, 0) is 46.6 Å². The summed E-state index contributed by atoms with van der Waals surface area (Å²) in [6.07, 6.45) is 0.438. The van der Waals surface area contributed by atoms with Crippen molar-refractivity contribution in [3.8, 4) is 0 Å². The van der Waals surface area contributed by atoms with Crippen molar-refractivity contribution >= 4 is 18.0 Å². The molecule has 7 heteroatoms. The molecule has 0 rings (SSSR count). The molecule has 1 amide bonds. The number of unbranched alkanes of at least 4 members (excludes halogenated alkanes) is 1. The Morgan fingerprint density at radius 1 is 1.26 bits per heavy atom. The Kier molecular flexibility index (Phi) is 7.06. The zero-order chi connectivity index (χ0) is 15.1. The number of hydrogen-bond acceptors (Lipinski definition) is 5. The Balaban J connectivity index is 4.32. The normalized spacial score (nSPS) is 12.6. The average Bonchev–Trinajstić information content (AvgIpc) is 2.26. The highest BCUT2D eigenvalue weighted by molar-refractivity contribution is 5.89. The van der Waals surface area contributed by atoms with Crippen LogP contribution in [0.2, 0.25) is 0 Å².